The van der Waals surface area contributed by atoms with Gasteiger partial charge < -0.3 is 9.88 Å². The summed E-state index contributed by atoms with van der Waals surface area (Å²) in [7, 11) is -3.91. The Hall–Kier alpha value is -3.29. The number of para-hydroxylation sites is 2. The Kier molecular flexibility index (Phi) is 4.93. The van der Waals surface area contributed by atoms with Crippen LogP contribution in [0, 0.1) is 0 Å². The van der Waals surface area contributed by atoms with Crippen molar-refractivity contribution in [2.24, 2.45) is 0 Å². The van der Waals surface area contributed by atoms with Gasteiger partial charge in [0, 0.05) is 53.8 Å². The lowest BCUT2D eigenvalue weighted by Crippen LogP contribution is -2.36. The van der Waals surface area contributed by atoms with Gasteiger partial charge in [0.15, 0.2) is 0 Å². The first-order valence-electron chi connectivity index (χ1n) is 11.2. The van der Waals surface area contributed by atoms with Crippen LogP contribution in [0.5, 0.6) is 0 Å². The molecule has 1 aromatic heterocycles. The van der Waals surface area contributed by atoms with E-state index in [4.69, 9.17) is 11.6 Å². The molecular formula is C26H22ClN3O3S. The molecule has 0 fully saturated rings. The van der Waals surface area contributed by atoms with E-state index in [2.05, 4.69) is 11.1 Å². The molecular weight excluding hydrogens is 470 g/mol. The van der Waals surface area contributed by atoms with Gasteiger partial charge >= 0.3 is 0 Å². The third kappa shape index (κ3) is 3.30. The molecule has 1 N–H and O–H groups in total. The van der Waals surface area contributed by atoms with Crippen molar-refractivity contribution < 1.29 is 13.2 Å². The van der Waals surface area contributed by atoms with Gasteiger partial charge in [-0.25, -0.2) is 8.42 Å². The molecule has 4 aromatic rings. The number of nitrogens with zero attached hydrogens (tertiary/aromatic N) is 2. The Morgan fingerprint density at radius 1 is 0.941 bits per heavy atom. The van der Waals surface area contributed by atoms with Gasteiger partial charge in [0.2, 0.25) is 0 Å². The predicted octanol–water partition coefficient (Wildman–Crippen LogP) is 4.77. The largest absolute Gasteiger partial charge is 0.358 e. The van der Waals surface area contributed by atoms with Crippen LogP contribution in [0.1, 0.15) is 27.2 Å². The topological polar surface area (TPSA) is 73.5 Å². The van der Waals surface area contributed by atoms with E-state index in [0.29, 0.717) is 37.3 Å². The first-order chi connectivity index (χ1) is 16.4. The monoisotopic (exact) mass is 491 g/mol. The number of carbonyl (C=O) groups is 1. The number of benzene rings is 3. The van der Waals surface area contributed by atoms with Gasteiger partial charge in [0.1, 0.15) is 4.90 Å². The lowest BCUT2D eigenvalue weighted by Gasteiger charge is -2.28. The standard InChI is InChI=1S/C26H22ClN3O3S/c27-21-10-9-18(15-25(21)34(32,33)30-14-11-17-5-1-4-8-24(17)30)26(31)29-13-12-23-20(16-29)19-6-2-3-7-22(19)28-23/h1-10,15,28H,11-14,16H2. The van der Waals surface area contributed by atoms with Crippen molar-refractivity contribution >= 4 is 44.1 Å². The fourth-order valence-corrected chi connectivity index (χ4v) is 7.04. The highest BCUT2D eigenvalue weighted by atomic mass is 35.5. The number of sulfonamides is 1. The third-order valence-electron chi connectivity index (χ3n) is 6.76. The zero-order valence-electron chi connectivity index (χ0n) is 18.3. The number of amides is 1. The van der Waals surface area contributed by atoms with Gasteiger partial charge in [-0.2, -0.15) is 0 Å². The van der Waals surface area contributed by atoms with Crippen molar-refractivity contribution in [3.8, 4) is 0 Å². The summed E-state index contributed by atoms with van der Waals surface area (Å²) in [6.45, 7) is 1.39. The Morgan fingerprint density at radius 2 is 1.74 bits per heavy atom. The van der Waals surface area contributed by atoms with Crippen LogP contribution in [-0.4, -0.2) is 37.3 Å². The van der Waals surface area contributed by atoms with E-state index in [-0.39, 0.29) is 15.8 Å². The molecule has 0 saturated carbocycles. The highest BCUT2D eigenvalue weighted by Crippen LogP contribution is 2.35. The van der Waals surface area contributed by atoms with E-state index < -0.39 is 10.0 Å². The molecule has 8 heteroatoms. The van der Waals surface area contributed by atoms with Crippen LogP contribution in [0.2, 0.25) is 5.02 Å². The van der Waals surface area contributed by atoms with Gasteiger partial charge in [-0.05, 0) is 42.3 Å². The fourth-order valence-electron chi connectivity index (χ4n) is 5.03. The molecule has 1 amide bonds. The van der Waals surface area contributed by atoms with Crippen LogP contribution in [0.3, 0.4) is 0 Å². The summed E-state index contributed by atoms with van der Waals surface area (Å²) in [6, 6.07) is 20.1. The Balaban J connectivity index is 1.33. The highest BCUT2D eigenvalue weighted by Gasteiger charge is 2.33. The van der Waals surface area contributed by atoms with E-state index in [1.165, 1.54) is 16.4 Å². The third-order valence-corrected chi connectivity index (χ3v) is 9.06. The molecule has 3 heterocycles. The van der Waals surface area contributed by atoms with Crippen LogP contribution in [0.25, 0.3) is 10.9 Å². The zero-order valence-corrected chi connectivity index (χ0v) is 19.9. The maximum Gasteiger partial charge on any atom is 0.265 e. The number of hydrogen-bond acceptors (Lipinski definition) is 3. The summed E-state index contributed by atoms with van der Waals surface area (Å²) in [5.74, 6) is -0.203. The number of halogens is 1. The fraction of sp³-hybridized carbons (Fsp3) is 0.192. The number of anilines is 1. The summed E-state index contributed by atoms with van der Waals surface area (Å²) in [5.41, 5.74) is 5.30. The number of aromatic nitrogens is 1. The minimum absolute atomic E-state index is 0.0403. The van der Waals surface area contributed by atoms with Crippen LogP contribution in [-0.2, 0) is 29.4 Å². The number of H-pyrrole nitrogens is 1. The Labute approximate surface area is 202 Å². The number of carbonyl (C=O) groups excluding carboxylic acids is 1. The van der Waals surface area contributed by atoms with Crippen LogP contribution in [0.15, 0.2) is 71.6 Å². The van der Waals surface area contributed by atoms with Crippen molar-refractivity contribution in [1.82, 2.24) is 9.88 Å². The summed E-state index contributed by atoms with van der Waals surface area (Å²) in [5, 5.41) is 1.22. The maximum atomic E-state index is 13.6. The quantitative estimate of drug-likeness (QED) is 0.448. The Bertz CT molecular complexity index is 1560. The van der Waals surface area contributed by atoms with Crippen LogP contribution >= 0.6 is 11.6 Å². The smallest absolute Gasteiger partial charge is 0.265 e. The molecule has 0 spiro atoms. The number of hydrogen-bond donors (Lipinski definition) is 1. The van der Waals surface area contributed by atoms with Crippen molar-refractivity contribution in [3.05, 3.63) is 94.1 Å². The van der Waals surface area contributed by atoms with E-state index >= 15 is 0 Å². The first kappa shape index (κ1) is 21.3. The molecule has 3 aromatic carbocycles. The molecule has 0 bridgehead atoms. The molecule has 2 aliphatic heterocycles. The van der Waals surface area contributed by atoms with Gasteiger partial charge in [-0.3, -0.25) is 9.10 Å². The van der Waals surface area contributed by atoms with E-state index in [1.807, 2.05) is 36.4 Å². The van der Waals surface area contributed by atoms with Gasteiger partial charge in [-0.15, -0.1) is 0 Å². The maximum absolute atomic E-state index is 13.6. The average molecular weight is 492 g/mol. The average Bonchev–Trinajstić information content (AvgIpc) is 3.45. The van der Waals surface area contributed by atoms with Gasteiger partial charge in [0.05, 0.1) is 10.7 Å². The van der Waals surface area contributed by atoms with E-state index in [1.54, 1.807) is 17.0 Å². The molecule has 0 radical (unpaired) electrons. The predicted molar refractivity (Wildman–Crippen MR) is 133 cm³/mol. The van der Waals surface area contributed by atoms with Crippen molar-refractivity contribution in [2.45, 2.75) is 24.3 Å². The van der Waals surface area contributed by atoms with Gasteiger partial charge in [0.25, 0.3) is 15.9 Å². The van der Waals surface area contributed by atoms with Crippen molar-refractivity contribution in [3.63, 3.8) is 0 Å². The molecule has 172 valence electrons. The van der Waals surface area contributed by atoms with E-state index in [0.717, 1.165) is 34.1 Å². The van der Waals surface area contributed by atoms with Crippen molar-refractivity contribution in [2.75, 3.05) is 17.4 Å². The minimum Gasteiger partial charge on any atom is -0.358 e. The molecule has 6 rings (SSSR count). The van der Waals surface area contributed by atoms with Crippen LogP contribution in [0.4, 0.5) is 5.69 Å². The number of nitrogens with one attached hydrogen (secondary N) is 1. The Morgan fingerprint density at radius 3 is 2.62 bits per heavy atom. The van der Waals surface area contributed by atoms with Crippen LogP contribution < -0.4 is 4.31 Å². The summed E-state index contributed by atoms with van der Waals surface area (Å²) in [6.07, 6.45) is 1.37. The van der Waals surface area contributed by atoms with Gasteiger partial charge in [-0.1, -0.05) is 48.0 Å². The second-order valence-electron chi connectivity index (χ2n) is 8.71. The second kappa shape index (κ2) is 7.89. The summed E-state index contributed by atoms with van der Waals surface area (Å²) in [4.78, 5) is 18.6. The normalized spacial score (nSPS) is 15.4. The SMILES string of the molecule is O=C(c1ccc(Cl)c(S(=O)(=O)N2CCc3ccccc32)c1)N1CCc2[nH]c3ccccc3c2C1. The zero-order chi connectivity index (χ0) is 23.4. The number of aromatic amines is 1. The summed E-state index contributed by atoms with van der Waals surface area (Å²) < 4.78 is 28.5. The lowest BCUT2D eigenvalue weighted by atomic mass is 10.0. The summed E-state index contributed by atoms with van der Waals surface area (Å²) >= 11 is 6.36. The number of fused-ring (bicyclic) bond motifs is 4. The van der Waals surface area contributed by atoms with Crippen molar-refractivity contribution in [1.29, 1.82) is 0 Å². The molecule has 0 unspecified atom stereocenters. The van der Waals surface area contributed by atoms with E-state index in [9.17, 15) is 13.2 Å². The molecule has 0 atom stereocenters. The number of rotatable bonds is 3. The lowest BCUT2D eigenvalue weighted by molar-refractivity contribution is 0.0735. The molecule has 0 aliphatic carbocycles. The molecule has 34 heavy (non-hydrogen) atoms. The first-order valence-corrected chi connectivity index (χ1v) is 13.0. The second-order valence-corrected chi connectivity index (χ2v) is 10.9. The highest BCUT2D eigenvalue weighted by molar-refractivity contribution is 7.93. The molecule has 2 aliphatic rings. The molecule has 0 saturated heterocycles. The minimum atomic E-state index is -3.91. The molecule has 6 nitrogen and oxygen atoms in total.